The number of benzene rings is 2. The number of carbonyl (C=O) groups is 2. The molecule has 1 aliphatic carbocycles. The fourth-order valence-corrected chi connectivity index (χ4v) is 2.59. The molecule has 0 aromatic heterocycles. The fraction of sp³-hybridized carbons (Fsp3) is 0.333. The molecule has 0 radical (unpaired) electrons. The van der Waals surface area contributed by atoms with E-state index in [0.29, 0.717) is 13.2 Å². The smallest absolute Gasteiger partial charge is 0.239 e. The van der Waals surface area contributed by atoms with E-state index in [9.17, 15) is 9.59 Å². The second-order valence-electron chi connectivity index (χ2n) is 6.66. The molecule has 2 amide bonds. The van der Waals surface area contributed by atoms with Crippen molar-refractivity contribution in [1.82, 2.24) is 5.32 Å². The molecule has 1 fully saturated rings. The molecule has 0 saturated heterocycles. The molecule has 0 atom stereocenters. The molecule has 6 nitrogen and oxygen atoms in total. The Morgan fingerprint density at radius 3 is 2.63 bits per heavy atom. The summed E-state index contributed by atoms with van der Waals surface area (Å²) in [6, 6.07) is 15.2. The summed E-state index contributed by atoms with van der Waals surface area (Å²) in [5.41, 5.74) is 2.59. The average molecular weight is 367 g/mol. The van der Waals surface area contributed by atoms with Crippen molar-refractivity contribution in [1.29, 1.82) is 0 Å². The molecule has 3 rings (SSSR count). The van der Waals surface area contributed by atoms with Crippen molar-refractivity contribution in [2.24, 2.45) is 5.92 Å². The van der Waals surface area contributed by atoms with Crippen molar-refractivity contribution in [3.05, 3.63) is 54.1 Å². The van der Waals surface area contributed by atoms with E-state index in [2.05, 4.69) is 16.0 Å². The molecule has 6 heteroatoms. The number of anilines is 2. The Kier molecular flexibility index (Phi) is 6.30. The van der Waals surface area contributed by atoms with Gasteiger partial charge >= 0.3 is 0 Å². The van der Waals surface area contributed by atoms with Gasteiger partial charge in [-0.3, -0.25) is 9.59 Å². The van der Waals surface area contributed by atoms with Crippen LogP contribution >= 0.6 is 0 Å². The fourth-order valence-electron chi connectivity index (χ4n) is 2.59. The van der Waals surface area contributed by atoms with E-state index in [4.69, 9.17) is 4.74 Å². The average Bonchev–Trinajstić information content (AvgIpc) is 3.52. The van der Waals surface area contributed by atoms with Crippen LogP contribution in [0.5, 0.6) is 5.75 Å². The van der Waals surface area contributed by atoms with Gasteiger partial charge in [-0.15, -0.1) is 0 Å². The molecule has 2 aromatic rings. The van der Waals surface area contributed by atoms with E-state index in [0.717, 1.165) is 35.5 Å². The zero-order chi connectivity index (χ0) is 19.1. The predicted octanol–water partition coefficient (Wildman–Crippen LogP) is 2.95. The van der Waals surface area contributed by atoms with Gasteiger partial charge < -0.3 is 20.7 Å². The maximum atomic E-state index is 12.0. The van der Waals surface area contributed by atoms with Gasteiger partial charge in [0.05, 0.1) is 13.1 Å². The number of aryl methyl sites for hydroxylation is 1. The number of amides is 2. The molecular weight excluding hydrogens is 342 g/mol. The third-order valence-electron chi connectivity index (χ3n) is 4.33. The third kappa shape index (κ3) is 6.02. The summed E-state index contributed by atoms with van der Waals surface area (Å²) < 4.78 is 5.54. The summed E-state index contributed by atoms with van der Waals surface area (Å²) >= 11 is 0. The Morgan fingerprint density at radius 2 is 1.89 bits per heavy atom. The Morgan fingerprint density at radius 1 is 1.11 bits per heavy atom. The largest absolute Gasteiger partial charge is 0.492 e. The van der Waals surface area contributed by atoms with Crippen LogP contribution in [-0.4, -0.2) is 31.5 Å². The molecular formula is C21H25N3O3. The first kappa shape index (κ1) is 18.8. The minimum atomic E-state index is -0.113. The van der Waals surface area contributed by atoms with Gasteiger partial charge in [0.2, 0.25) is 11.8 Å². The minimum Gasteiger partial charge on any atom is -0.492 e. The normalized spacial score (nSPS) is 12.9. The van der Waals surface area contributed by atoms with E-state index < -0.39 is 0 Å². The van der Waals surface area contributed by atoms with E-state index in [1.807, 2.05) is 55.5 Å². The van der Waals surface area contributed by atoms with E-state index >= 15 is 0 Å². The summed E-state index contributed by atoms with van der Waals surface area (Å²) in [4.78, 5) is 23.9. The van der Waals surface area contributed by atoms with Gasteiger partial charge in [0.15, 0.2) is 0 Å². The van der Waals surface area contributed by atoms with Gasteiger partial charge in [0.1, 0.15) is 12.4 Å². The lowest BCUT2D eigenvalue weighted by atomic mass is 10.1. The number of rotatable bonds is 9. The van der Waals surface area contributed by atoms with Crippen molar-refractivity contribution in [3.8, 4) is 5.75 Å². The number of nitrogens with one attached hydrogen (secondary N) is 3. The molecule has 3 N–H and O–H groups in total. The lowest BCUT2D eigenvalue weighted by Gasteiger charge is -2.13. The van der Waals surface area contributed by atoms with Gasteiger partial charge in [-0.2, -0.15) is 0 Å². The van der Waals surface area contributed by atoms with E-state index in [-0.39, 0.29) is 24.3 Å². The highest BCUT2D eigenvalue weighted by atomic mass is 16.5. The Labute approximate surface area is 159 Å². The van der Waals surface area contributed by atoms with Crippen molar-refractivity contribution in [3.63, 3.8) is 0 Å². The van der Waals surface area contributed by atoms with Crippen molar-refractivity contribution >= 4 is 23.2 Å². The van der Waals surface area contributed by atoms with Crippen LogP contribution in [0.3, 0.4) is 0 Å². The molecule has 1 aliphatic rings. The van der Waals surface area contributed by atoms with Crippen LogP contribution in [0.2, 0.25) is 0 Å². The van der Waals surface area contributed by atoms with Crippen molar-refractivity contribution in [2.75, 3.05) is 30.3 Å². The number of para-hydroxylation sites is 1. The van der Waals surface area contributed by atoms with Crippen LogP contribution in [-0.2, 0) is 9.59 Å². The second kappa shape index (κ2) is 9.07. The van der Waals surface area contributed by atoms with Crippen molar-refractivity contribution < 1.29 is 14.3 Å². The first-order valence-corrected chi connectivity index (χ1v) is 9.22. The molecule has 0 heterocycles. The molecule has 0 spiro atoms. The number of hydrogen-bond donors (Lipinski definition) is 3. The molecule has 27 heavy (non-hydrogen) atoms. The van der Waals surface area contributed by atoms with Crippen LogP contribution in [0.15, 0.2) is 48.5 Å². The summed E-state index contributed by atoms with van der Waals surface area (Å²) in [6.07, 6.45) is 1.94. The van der Waals surface area contributed by atoms with Gasteiger partial charge in [-0.25, -0.2) is 0 Å². The number of hydrogen-bond acceptors (Lipinski definition) is 4. The van der Waals surface area contributed by atoms with Crippen LogP contribution in [0, 0.1) is 12.8 Å². The Hall–Kier alpha value is -3.02. The quantitative estimate of drug-likeness (QED) is 0.596. The number of carbonyl (C=O) groups excluding carboxylic acids is 2. The van der Waals surface area contributed by atoms with Gasteiger partial charge in [-0.1, -0.05) is 24.3 Å². The zero-order valence-corrected chi connectivity index (χ0v) is 15.5. The van der Waals surface area contributed by atoms with Crippen molar-refractivity contribution in [2.45, 2.75) is 19.8 Å². The monoisotopic (exact) mass is 367 g/mol. The summed E-state index contributed by atoms with van der Waals surface area (Å²) in [5.74, 6) is 0.900. The molecule has 1 saturated carbocycles. The summed E-state index contributed by atoms with van der Waals surface area (Å²) in [5, 5.41) is 8.86. The molecule has 142 valence electrons. The molecule has 0 aliphatic heterocycles. The van der Waals surface area contributed by atoms with Crippen LogP contribution in [0.1, 0.15) is 18.4 Å². The van der Waals surface area contributed by atoms with Crippen LogP contribution in [0.25, 0.3) is 0 Å². The first-order chi connectivity index (χ1) is 13.1. The van der Waals surface area contributed by atoms with Gasteiger partial charge in [0.25, 0.3) is 0 Å². The minimum absolute atomic E-state index is 0.0703. The molecule has 0 bridgehead atoms. The Bertz CT molecular complexity index is 789. The van der Waals surface area contributed by atoms with Gasteiger partial charge in [0, 0.05) is 17.3 Å². The van der Waals surface area contributed by atoms with E-state index in [1.54, 1.807) is 0 Å². The molecule has 0 unspecified atom stereocenters. The highest BCUT2D eigenvalue weighted by Crippen LogP contribution is 2.30. The SMILES string of the molecule is Cc1ccc(NC(=O)C2CC2)cc1NCC(=O)NCCOc1ccccc1. The highest BCUT2D eigenvalue weighted by Gasteiger charge is 2.29. The zero-order valence-electron chi connectivity index (χ0n) is 15.5. The lowest BCUT2D eigenvalue weighted by Crippen LogP contribution is -2.33. The van der Waals surface area contributed by atoms with Gasteiger partial charge in [-0.05, 0) is 49.6 Å². The van der Waals surface area contributed by atoms with E-state index in [1.165, 1.54) is 0 Å². The highest BCUT2D eigenvalue weighted by molar-refractivity contribution is 5.94. The second-order valence-corrected chi connectivity index (χ2v) is 6.66. The Balaban J connectivity index is 1.40. The summed E-state index contributed by atoms with van der Waals surface area (Å²) in [6.45, 7) is 2.97. The third-order valence-corrected chi connectivity index (χ3v) is 4.33. The lowest BCUT2D eigenvalue weighted by molar-refractivity contribution is -0.119. The van der Waals surface area contributed by atoms with Crippen LogP contribution in [0.4, 0.5) is 11.4 Å². The maximum Gasteiger partial charge on any atom is 0.239 e. The standard InChI is InChI=1S/C21H25N3O3/c1-15-7-10-17(24-21(26)16-8-9-16)13-19(15)23-14-20(25)22-11-12-27-18-5-3-2-4-6-18/h2-7,10,13,16,23H,8-9,11-12,14H2,1H3,(H,22,25)(H,24,26). The molecule has 2 aromatic carbocycles. The first-order valence-electron chi connectivity index (χ1n) is 9.22. The summed E-state index contributed by atoms with van der Waals surface area (Å²) in [7, 11) is 0. The number of ether oxygens (including phenoxy) is 1. The predicted molar refractivity (Wildman–Crippen MR) is 106 cm³/mol. The maximum absolute atomic E-state index is 12.0. The van der Waals surface area contributed by atoms with Crippen LogP contribution < -0.4 is 20.7 Å². The topological polar surface area (TPSA) is 79.5 Å².